The Kier molecular flexibility index (Phi) is 2.95. The summed E-state index contributed by atoms with van der Waals surface area (Å²) in [5.74, 6) is -0.866. The summed E-state index contributed by atoms with van der Waals surface area (Å²) in [7, 11) is 0. The largest absolute Gasteiger partial charge is 0.295 e. The van der Waals surface area contributed by atoms with Crippen molar-refractivity contribution in [3.63, 3.8) is 0 Å². The highest BCUT2D eigenvalue weighted by atomic mass is 32.1. The van der Waals surface area contributed by atoms with E-state index >= 15 is 0 Å². The van der Waals surface area contributed by atoms with Crippen molar-refractivity contribution in [1.82, 2.24) is 14.6 Å². The molecule has 0 aliphatic carbocycles. The zero-order chi connectivity index (χ0) is 17.2. The monoisotopic (exact) mass is 340 g/mol. The molecule has 3 aromatic rings. The first kappa shape index (κ1) is 14.7. The Labute approximate surface area is 140 Å². The normalized spacial score (nSPS) is 13.9. The molecule has 0 bridgehead atoms. The van der Waals surface area contributed by atoms with Crippen LogP contribution in [0.15, 0.2) is 23.0 Å². The summed E-state index contributed by atoms with van der Waals surface area (Å²) in [5, 5.41) is 4.11. The van der Waals surface area contributed by atoms with Crippen molar-refractivity contribution >= 4 is 33.8 Å². The molecule has 1 aliphatic rings. The van der Waals surface area contributed by atoms with Gasteiger partial charge in [0.1, 0.15) is 10.6 Å². The van der Waals surface area contributed by atoms with E-state index in [4.69, 9.17) is 0 Å². The van der Waals surface area contributed by atoms with Crippen molar-refractivity contribution in [2.24, 2.45) is 0 Å². The summed E-state index contributed by atoms with van der Waals surface area (Å²) in [6.07, 6.45) is 0. The molecule has 2 aromatic heterocycles. The second-order valence-electron chi connectivity index (χ2n) is 5.71. The zero-order valence-electron chi connectivity index (χ0n) is 13.2. The lowest BCUT2D eigenvalue weighted by atomic mass is 10.1. The van der Waals surface area contributed by atoms with Gasteiger partial charge in [0.25, 0.3) is 17.4 Å². The quantitative estimate of drug-likeness (QED) is 0.632. The van der Waals surface area contributed by atoms with Gasteiger partial charge in [0.05, 0.1) is 5.69 Å². The molecule has 0 fully saturated rings. The van der Waals surface area contributed by atoms with Crippen molar-refractivity contribution < 1.29 is 9.59 Å². The van der Waals surface area contributed by atoms with E-state index < -0.39 is 17.4 Å². The van der Waals surface area contributed by atoms with Gasteiger partial charge in [-0.1, -0.05) is 29.0 Å². The molecular weight excluding hydrogens is 328 g/mol. The molecule has 3 heterocycles. The van der Waals surface area contributed by atoms with Crippen LogP contribution in [0.25, 0.3) is 4.96 Å². The lowest BCUT2D eigenvalue weighted by molar-refractivity contribution is 0.0924. The standard InChI is InChI=1S/C16H12N4O3S/c1-7-4-5-10(8(2)6-7)19-14(22)11-12(15(19)23)24-16-17-13(21)9(3)18-20(11)16/h4-6H,1-3H3. The number of benzene rings is 1. The van der Waals surface area contributed by atoms with Crippen molar-refractivity contribution in [3.8, 4) is 0 Å². The highest BCUT2D eigenvalue weighted by Gasteiger charge is 2.42. The predicted octanol–water partition coefficient (Wildman–Crippen LogP) is 1.88. The van der Waals surface area contributed by atoms with Gasteiger partial charge in [-0.15, -0.1) is 0 Å². The predicted molar refractivity (Wildman–Crippen MR) is 88.9 cm³/mol. The van der Waals surface area contributed by atoms with Crippen LogP contribution in [0.4, 0.5) is 5.69 Å². The number of nitrogens with zero attached hydrogens (tertiary/aromatic N) is 4. The average molecular weight is 340 g/mol. The third kappa shape index (κ3) is 1.86. The maximum Gasteiger partial charge on any atom is 0.295 e. The summed E-state index contributed by atoms with van der Waals surface area (Å²) < 4.78 is 1.29. The third-order valence-corrected chi connectivity index (χ3v) is 4.97. The lowest BCUT2D eigenvalue weighted by Gasteiger charge is -2.17. The third-order valence-electron chi connectivity index (χ3n) is 3.95. The Morgan fingerprint density at radius 2 is 1.79 bits per heavy atom. The Bertz CT molecular complexity index is 1110. The number of imide groups is 1. The van der Waals surface area contributed by atoms with E-state index in [-0.39, 0.29) is 21.2 Å². The van der Waals surface area contributed by atoms with Crippen molar-refractivity contribution in [2.75, 3.05) is 4.90 Å². The molecule has 1 aliphatic heterocycles. The van der Waals surface area contributed by atoms with E-state index in [1.54, 1.807) is 6.07 Å². The number of aromatic nitrogens is 3. The number of carbonyl (C=O) groups is 2. The number of hydrogen-bond acceptors (Lipinski definition) is 6. The smallest absolute Gasteiger partial charge is 0.267 e. The number of anilines is 1. The van der Waals surface area contributed by atoms with Crippen molar-refractivity contribution in [2.45, 2.75) is 20.8 Å². The van der Waals surface area contributed by atoms with Gasteiger partial charge in [0.2, 0.25) is 4.96 Å². The number of fused-ring (bicyclic) bond motifs is 3. The number of hydrogen-bond donors (Lipinski definition) is 0. The van der Waals surface area contributed by atoms with E-state index in [2.05, 4.69) is 10.1 Å². The minimum atomic E-state index is -0.457. The van der Waals surface area contributed by atoms with Gasteiger partial charge in [0, 0.05) is 0 Å². The SMILES string of the molecule is Cc1ccc(N2C(=O)c3sc4nc(=O)c(C)nn4c3C2=O)c(C)c1. The topological polar surface area (TPSA) is 84.6 Å². The summed E-state index contributed by atoms with van der Waals surface area (Å²) in [5.41, 5.74) is 2.33. The van der Waals surface area contributed by atoms with Crippen LogP contribution < -0.4 is 10.5 Å². The summed E-state index contributed by atoms with van der Waals surface area (Å²) in [6.45, 7) is 5.33. The number of carbonyl (C=O) groups excluding carboxylic acids is 2. The highest BCUT2D eigenvalue weighted by molar-refractivity contribution is 7.19. The lowest BCUT2D eigenvalue weighted by Crippen LogP contribution is -2.31. The van der Waals surface area contributed by atoms with Gasteiger partial charge in [-0.05, 0) is 32.4 Å². The van der Waals surface area contributed by atoms with Gasteiger partial charge < -0.3 is 0 Å². The van der Waals surface area contributed by atoms with Gasteiger partial charge in [-0.2, -0.15) is 14.6 Å². The molecule has 0 saturated heterocycles. The Morgan fingerprint density at radius 1 is 1.04 bits per heavy atom. The van der Waals surface area contributed by atoms with E-state index in [0.29, 0.717) is 5.69 Å². The molecule has 120 valence electrons. The van der Waals surface area contributed by atoms with Crippen LogP contribution in [0.2, 0.25) is 0 Å². The van der Waals surface area contributed by atoms with Crippen molar-refractivity contribution in [1.29, 1.82) is 0 Å². The molecule has 0 saturated carbocycles. The Balaban J connectivity index is 1.93. The van der Waals surface area contributed by atoms with Crippen LogP contribution in [0.5, 0.6) is 0 Å². The fourth-order valence-electron chi connectivity index (χ4n) is 2.81. The molecule has 4 rings (SSSR count). The molecule has 0 unspecified atom stereocenters. The first-order valence-electron chi connectivity index (χ1n) is 7.25. The van der Waals surface area contributed by atoms with Crippen LogP contribution in [0, 0.1) is 20.8 Å². The summed E-state index contributed by atoms with van der Waals surface area (Å²) in [6, 6.07) is 5.53. The molecule has 7 nitrogen and oxygen atoms in total. The molecule has 0 atom stereocenters. The highest BCUT2D eigenvalue weighted by Crippen LogP contribution is 2.34. The first-order chi connectivity index (χ1) is 11.4. The number of amides is 2. The molecule has 2 amide bonds. The molecular formula is C16H12N4O3S. The Morgan fingerprint density at radius 3 is 2.50 bits per heavy atom. The first-order valence-corrected chi connectivity index (χ1v) is 8.06. The maximum absolute atomic E-state index is 12.9. The van der Waals surface area contributed by atoms with E-state index in [9.17, 15) is 14.4 Å². The minimum absolute atomic E-state index is 0.163. The number of thiazole rings is 1. The maximum atomic E-state index is 12.9. The van der Waals surface area contributed by atoms with Gasteiger partial charge in [0.15, 0.2) is 5.69 Å². The molecule has 0 radical (unpaired) electrons. The average Bonchev–Trinajstić information content (AvgIpc) is 2.98. The summed E-state index contributed by atoms with van der Waals surface area (Å²) >= 11 is 1.01. The molecule has 8 heteroatoms. The second-order valence-corrected chi connectivity index (χ2v) is 6.69. The fourth-order valence-corrected chi connectivity index (χ4v) is 3.78. The van der Waals surface area contributed by atoms with Crippen molar-refractivity contribution in [3.05, 3.63) is 55.9 Å². The molecule has 0 N–H and O–H groups in total. The van der Waals surface area contributed by atoms with Crippen LogP contribution in [-0.4, -0.2) is 26.4 Å². The van der Waals surface area contributed by atoms with Crippen LogP contribution in [0.1, 0.15) is 37.0 Å². The molecule has 24 heavy (non-hydrogen) atoms. The second kappa shape index (κ2) is 4.81. The Hall–Kier alpha value is -2.87. The molecule has 1 aromatic carbocycles. The van der Waals surface area contributed by atoms with E-state index in [1.807, 2.05) is 26.0 Å². The van der Waals surface area contributed by atoms with E-state index in [0.717, 1.165) is 27.4 Å². The van der Waals surface area contributed by atoms with Crippen LogP contribution >= 0.6 is 11.3 Å². The fraction of sp³-hybridized carbons (Fsp3) is 0.188. The van der Waals surface area contributed by atoms with Crippen LogP contribution in [0.3, 0.4) is 0 Å². The number of aryl methyl sites for hydroxylation is 3. The molecule has 0 spiro atoms. The van der Waals surface area contributed by atoms with Gasteiger partial charge >= 0.3 is 0 Å². The summed E-state index contributed by atoms with van der Waals surface area (Å²) in [4.78, 5) is 42.8. The van der Waals surface area contributed by atoms with Crippen LogP contribution in [-0.2, 0) is 0 Å². The minimum Gasteiger partial charge on any atom is -0.267 e. The zero-order valence-corrected chi connectivity index (χ0v) is 14.0. The van der Waals surface area contributed by atoms with E-state index in [1.165, 1.54) is 11.4 Å². The van der Waals surface area contributed by atoms with Gasteiger partial charge in [-0.25, -0.2) is 4.90 Å². The van der Waals surface area contributed by atoms with Gasteiger partial charge in [-0.3, -0.25) is 14.4 Å². The number of rotatable bonds is 1.